The molecule has 3 aromatic heterocycles. The van der Waals surface area contributed by atoms with Gasteiger partial charge in [-0.3, -0.25) is 4.68 Å². The van der Waals surface area contributed by atoms with Gasteiger partial charge in [-0.25, -0.2) is 0 Å². The molecule has 0 bridgehead atoms. The lowest BCUT2D eigenvalue weighted by Gasteiger charge is -2.22. The maximum absolute atomic E-state index is 5.33. The van der Waals surface area contributed by atoms with Gasteiger partial charge in [0.2, 0.25) is 5.82 Å². The summed E-state index contributed by atoms with van der Waals surface area (Å²) < 4.78 is 7.33. The van der Waals surface area contributed by atoms with Gasteiger partial charge in [0.05, 0.1) is 10.9 Å². The van der Waals surface area contributed by atoms with E-state index in [0.717, 1.165) is 30.1 Å². The summed E-state index contributed by atoms with van der Waals surface area (Å²) in [6, 6.07) is 6.29. The van der Waals surface area contributed by atoms with Crippen molar-refractivity contribution in [2.75, 3.05) is 13.1 Å². The first kappa shape index (κ1) is 15.2. The van der Waals surface area contributed by atoms with Crippen LogP contribution in [-0.2, 0) is 0 Å². The van der Waals surface area contributed by atoms with E-state index in [2.05, 4.69) is 20.6 Å². The Morgan fingerprint density at radius 3 is 3.09 bits per heavy atom. The minimum Gasteiger partial charge on any atom is -0.332 e. The standard InChI is InChI=1S/C14H15N5OS.ClH/c1-3-10(9-15-6-1)19-7-5-11(17-19)14-16-13(18-20-14)12-4-2-8-21-12;/h2,4-5,7-8,10,15H,1,3,6,9H2;1H. The van der Waals surface area contributed by atoms with Crippen LogP contribution in [0.15, 0.2) is 34.3 Å². The SMILES string of the molecule is Cl.c1csc(-c2noc(-c3ccn(C4CCCNC4)n3)n2)c1. The quantitative estimate of drug-likeness (QED) is 0.795. The number of hydrogen-bond donors (Lipinski definition) is 1. The molecule has 22 heavy (non-hydrogen) atoms. The number of aromatic nitrogens is 4. The molecule has 0 aliphatic carbocycles. The lowest BCUT2D eigenvalue weighted by atomic mass is 10.1. The average Bonchev–Trinajstić information content (AvgIpc) is 3.27. The molecule has 4 rings (SSSR count). The molecule has 1 saturated heterocycles. The Morgan fingerprint density at radius 1 is 1.36 bits per heavy atom. The van der Waals surface area contributed by atoms with Crippen molar-refractivity contribution in [3.63, 3.8) is 0 Å². The highest BCUT2D eigenvalue weighted by atomic mass is 35.5. The molecule has 0 amide bonds. The molecule has 0 aromatic carbocycles. The van der Waals surface area contributed by atoms with E-state index in [0.29, 0.717) is 17.8 Å². The Balaban J connectivity index is 0.00000144. The van der Waals surface area contributed by atoms with Crippen LogP contribution in [0.4, 0.5) is 0 Å². The highest BCUT2D eigenvalue weighted by Crippen LogP contribution is 2.25. The van der Waals surface area contributed by atoms with Crippen LogP contribution in [0.2, 0.25) is 0 Å². The Bertz CT molecular complexity index is 717. The lowest BCUT2D eigenvalue weighted by molar-refractivity contribution is 0.346. The number of nitrogens with zero attached hydrogens (tertiary/aromatic N) is 4. The van der Waals surface area contributed by atoms with Crippen molar-refractivity contribution in [2.45, 2.75) is 18.9 Å². The first-order valence-electron chi connectivity index (χ1n) is 7.04. The van der Waals surface area contributed by atoms with Gasteiger partial charge < -0.3 is 9.84 Å². The summed E-state index contributed by atoms with van der Waals surface area (Å²) in [7, 11) is 0. The Labute approximate surface area is 138 Å². The molecule has 6 nitrogen and oxygen atoms in total. The van der Waals surface area contributed by atoms with Crippen LogP contribution < -0.4 is 5.32 Å². The largest absolute Gasteiger partial charge is 0.332 e. The summed E-state index contributed by atoms with van der Waals surface area (Å²) in [5.74, 6) is 1.09. The number of hydrogen-bond acceptors (Lipinski definition) is 6. The average molecular weight is 338 g/mol. The third kappa shape index (κ3) is 2.92. The van der Waals surface area contributed by atoms with Crippen LogP contribution in [0, 0.1) is 0 Å². The fraction of sp³-hybridized carbons (Fsp3) is 0.357. The molecule has 0 spiro atoms. The third-order valence-corrected chi connectivity index (χ3v) is 4.51. The molecule has 8 heteroatoms. The Hall–Kier alpha value is -1.70. The minimum absolute atomic E-state index is 0. The molecule has 3 aromatic rings. The van der Waals surface area contributed by atoms with Crippen LogP contribution in [0.3, 0.4) is 0 Å². The molecule has 116 valence electrons. The molecule has 1 N–H and O–H groups in total. The van der Waals surface area contributed by atoms with Gasteiger partial charge in [-0.2, -0.15) is 10.1 Å². The molecular formula is C14H16ClN5OS. The summed E-state index contributed by atoms with van der Waals surface area (Å²) >= 11 is 1.59. The number of halogens is 1. The zero-order valence-electron chi connectivity index (χ0n) is 11.8. The molecule has 1 aliphatic heterocycles. The minimum atomic E-state index is 0. The van der Waals surface area contributed by atoms with Crippen LogP contribution in [0.1, 0.15) is 18.9 Å². The van der Waals surface area contributed by atoms with Crippen LogP contribution >= 0.6 is 23.7 Å². The third-order valence-electron chi connectivity index (χ3n) is 3.64. The first-order valence-corrected chi connectivity index (χ1v) is 7.92. The summed E-state index contributed by atoms with van der Waals surface area (Å²) in [4.78, 5) is 5.42. The predicted octanol–water partition coefficient (Wildman–Crippen LogP) is 3.01. The molecule has 1 aliphatic rings. The lowest BCUT2D eigenvalue weighted by Crippen LogP contribution is -2.31. The van der Waals surface area contributed by atoms with Gasteiger partial charge in [0.15, 0.2) is 5.69 Å². The van der Waals surface area contributed by atoms with E-state index in [4.69, 9.17) is 4.52 Å². The van der Waals surface area contributed by atoms with Gasteiger partial charge in [0, 0.05) is 12.7 Å². The van der Waals surface area contributed by atoms with E-state index in [-0.39, 0.29) is 12.4 Å². The fourth-order valence-corrected chi connectivity index (χ4v) is 3.20. The van der Waals surface area contributed by atoms with Crippen molar-refractivity contribution in [3.8, 4) is 22.3 Å². The second kappa shape index (κ2) is 6.60. The molecule has 1 fully saturated rings. The molecule has 1 unspecified atom stereocenters. The maximum atomic E-state index is 5.33. The fourth-order valence-electron chi connectivity index (χ4n) is 2.55. The number of piperidine rings is 1. The van der Waals surface area contributed by atoms with Crippen LogP contribution in [0.5, 0.6) is 0 Å². The van der Waals surface area contributed by atoms with Gasteiger partial charge in [-0.1, -0.05) is 11.2 Å². The summed E-state index contributed by atoms with van der Waals surface area (Å²) in [5, 5.41) is 14.0. The highest BCUT2D eigenvalue weighted by Gasteiger charge is 2.18. The predicted molar refractivity (Wildman–Crippen MR) is 87.2 cm³/mol. The van der Waals surface area contributed by atoms with Gasteiger partial charge >= 0.3 is 0 Å². The summed E-state index contributed by atoms with van der Waals surface area (Å²) in [6.07, 6.45) is 4.32. The molecular weight excluding hydrogens is 322 g/mol. The maximum Gasteiger partial charge on any atom is 0.278 e. The number of rotatable bonds is 3. The van der Waals surface area contributed by atoms with Crippen molar-refractivity contribution in [1.82, 2.24) is 25.2 Å². The first-order chi connectivity index (χ1) is 10.4. The highest BCUT2D eigenvalue weighted by molar-refractivity contribution is 7.13. The van der Waals surface area contributed by atoms with E-state index >= 15 is 0 Å². The topological polar surface area (TPSA) is 68.8 Å². The molecule has 0 radical (unpaired) electrons. The van der Waals surface area contributed by atoms with Crippen molar-refractivity contribution >= 4 is 23.7 Å². The van der Waals surface area contributed by atoms with Crippen LogP contribution in [-0.4, -0.2) is 33.0 Å². The zero-order valence-corrected chi connectivity index (χ0v) is 13.4. The second-order valence-electron chi connectivity index (χ2n) is 5.08. The van der Waals surface area contributed by atoms with E-state index in [1.165, 1.54) is 6.42 Å². The van der Waals surface area contributed by atoms with Crippen LogP contribution in [0.25, 0.3) is 22.3 Å². The second-order valence-corrected chi connectivity index (χ2v) is 6.03. The van der Waals surface area contributed by atoms with Crippen molar-refractivity contribution < 1.29 is 4.52 Å². The van der Waals surface area contributed by atoms with Crippen molar-refractivity contribution in [2.24, 2.45) is 0 Å². The van der Waals surface area contributed by atoms with E-state index in [9.17, 15) is 0 Å². The van der Waals surface area contributed by atoms with Gasteiger partial charge in [0.25, 0.3) is 5.89 Å². The van der Waals surface area contributed by atoms with Gasteiger partial charge in [0.1, 0.15) is 0 Å². The van der Waals surface area contributed by atoms with E-state index in [1.54, 1.807) is 11.3 Å². The molecule has 0 saturated carbocycles. The summed E-state index contributed by atoms with van der Waals surface area (Å²) in [5.41, 5.74) is 0.732. The Morgan fingerprint density at radius 2 is 2.32 bits per heavy atom. The summed E-state index contributed by atoms with van der Waals surface area (Å²) in [6.45, 7) is 2.06. The van der Waals surface area contributed by atoms with E-state index < -0.39 is 0 Å². The Kier molecular flexibility index (Phi) is 4.56. The molecule has 4 heterocycles. The normalized spacial score (nSPS) is 18.1. The van der Waals surface area contributed by atoms with E-state index in [1.807, 2.05) is 34.5 Å². The molecule has 1 atom stereocenters. The zero-order chi connectivity index (χ0) is 14.1. The smallest absolute Gasteiger partial charge is 0.278 e. The van der Waals surface area contributed by atoms with Gasteiger partial charge in [-0.15, -0.1) is 23.7 Å². The number of nitrogens with one attached hydrogen (secondary N) is 1. The van der Waals surface area contributed by atoms with Crippen molar-refractivity contribution in [3.05, 3.63) is 29.8 Å². The monoisotopic (exact) mass is 337 g/mol. The number of thiophene rings is 1. The van der Waals surface area contributed by atoms with Crippen molar-refractivity contribution in [1.29, 1.82) is 0 Å². The van der Waals surface area contributed by atoms with Gasteiger partial charge in [-0.05, 0) is 36.9 Å².